The molecule has 0 spiro atoms. The first-order valence-corrected chi connectivity index (χ1v) is 7.02. The molecule has 1 saturated heterocycles. The van der Waals surface area contributed by atoms with Crippen LogP contribution in [0.15, 0.2) is 0 Å². The van der Waals surface area contributed by atoms with Crippen molar-refractivity contribution in [2.24, 2.45) is 0 Å². The number of ether oxygens (including phenoxy) is 1. The molecule has 0 aromatic heterocycles. The number of hydrogen-bond donors (Lipinski definition) is 2. The van der Waals surface area contributed by atoms with Gasteiger partial charge in [-0.15, -0.1) is 0 Å². The molecule has 1 heterocycles. The van der Waals surface area contributed by atoms with Gasteiger partial charge in [-0.05, 0) is 13.3 Å². The second kappa shape index (κ2) is 6.32. The summed E-state index contributed by atoms with van der Waals surface area (Å²) < 4.78 is 16.3. The molecule has 1 rings (SSSR count). The summed E-state index contributed by atoms with van der Waals surface area (Å²) in [5.41, 5.74) is 0. The van der Waals surface area contributed by atoms with Crippen LogP contribution >= 0.6 is 0 Å². The van der Waals surface area contributed by atoms with Crippen LogP contribution in [0.3, 0.4) is 0 Å². The number of nitrogens with one attached hydrogen (secondary N) is 2. The molecule has 1 aliphatic rings. The monoisotopic (exact) mass is 248 g/mol. The Labute approximate surface area is 98.8 Å². The highest BCUT2D eigenvalue weighted by molar-refractivity contribution is 7.84. The standard InChI is InChI=1S/C10H20N2O3S/c1-7(16(3)14)5-12-10(13)9-4-8(15-2)6-11-9/h7-9,11H,4-6H2,1-3H3,(H,12,13). The lowest BCUT2D eigenvalue weighted by Gasteiger charge is -2.13. The molecule has 0 aromatic rings. The topological polar surface area (TPSA) is 67.4 Å². The van der Waals surface area contributed by atoms with Gasteiger partial charge in [0.15, 0.2) is 0 Å². The normalized spacial score (nSPS) is 28.7. The summed E-state index contributed by atoms with van der Waals surface area (Å²) in [7, 11) is 0.751. The summed E-state index contributed by atoms with van der Waals surface area (Å²) in [6.07, 6.45) is 2.46. The Balaban J connectivity index is 2.28. The highest BCUT2D eigenvalue weighted by atomic mass is 32.2. The predicted molar refractivity (Wildman–Crippen MR) is 63.7 cm³/mol. The van der Waals surface area contributed by atoms with Crippen LogP contribution in [-0.4, -0.2) is 54.0 Å². The van der Waals surface area contributed by atoms with Gasteiger partial charge in [-0.25, -0.2) is 0 Å². The van der Waals surface area contributed by atoms with Gasteiger partial charge in [-0.3, -0.25) is 9.00 Å². The predicted octanol–water partition coefficient (Wildman–Crippen LogP) is -0.753. The Morgan fingerprint density at radius 2 is 2.38 bits per heavy atom. The molecule has 16 heavy (non-hydrogen) atoms. The fraction of sp³-hybridized carbons (Fsp3) is 0.900. The molecule has 1 amide bonds. The SMILES string of the molecule is COC1CNC(C(=O)NCC(C)S(C)=O)C1. The molecule has 4 atom stereocenters. The van der Waals surface area contributed by atoms with Crippen molar-refractivity contribution in [3.05, 3.63) is 0 Å². The van der Waals surface area contributed by atoms with E-state index in [-0.39, 0.29) is 23.3 Å². The molecular weight excluding hydrogens is 228 g/mol. The minimum absolute atomic E-state index is 0.0106. The zero-order chi connectivity index (χ0) is 12.1. The van der Waals surface area contributed by atoms with Crippen LogP contribution in [0.4, 0.5) is 0 Å². The van der Waals surface area contributed by atoms with E-state index in [0.29, 0.717) is 19.5 Å². The lowest BCUT2D eigenvalue weighted by Crippen LogP contribution is -2.43. The Bertz CT molecular complexity index is 273. The van der Waals surface area contributed by atoms with Crippen molar-refractivity contribution in [3.8, 4) is 0 Å². The van der Waals surface area contributed by atoms with Crippen LogP contribution in [0, 0.1) is 0 Å². The highest BCUT2D eigenvalue weighted by Crippen LogP contribution is 2.09. The second-order valence-electron chi connectivity index (χ2n) is 4.11. The third kappa shape index (κ3) is 3.84. The van der Waals surface area contributed by atoms with E-state index in [0.717, 1.165) is 0 Å². The quantitative estimate of drug-likeness (QED) is 0.671. The minimum Gasteiger partial charge on any atom is -0.380 e. The molecule has 4 unspecified atom stereocenters. The number of rotatable bonds is 5. The van der Waals surface area contributed by atoms with Gasteiger partial charge < -0.3 is 15.4 Å². The fourth-order valence-electron chi connectivity index (χ4n) is 1.57. The smallest absolute Gasteiger partial charge is 0.237 e. The largest absolute Gasteiger partial charge is 0.380 e. The van der Waals surface area contributed by atoms with Gasteiger partial charge in [-0.1, -0.05) is 0 Å². The van der Waals surface area contributed by atoms with Crippen LogP contribution in [0.2, 0.25) is 0 Å². The summed E-state index contributed by atoms with van der Waals surface area (Å²) in [5, 5.41) is 5.89. The first kappa shape index (κ1) is 13.6. The number of carbonyl (C=O) groups is 1. The van der Waals surface area contributed by atoms with Gasteiger partial charge in [-0.2, -0.15) is 0 Å². The molecular formula is C10H20N2O3S. The molecule has 6 heteroatoms. The van der Waals surface area contributed by atoms with Gasteiger partial charge in [0.05, 0.1) is 12.1 Å². The third-order valence-electron chi connectivity index (χ3n) is 2.87. The number of methoxy groups -OCH3 is 1. The Kier molecular flexibility index (Phi) is 5.37. The summed E-state index contributed by atoms with van der Waals surface area (Å²) in [5.74, 6) is -0.0307. The van der Waals surface area contributed by atoms with Crippen molar-refractivity contribution in [1.82, 2.24) is 10.6 Å². The van der Waals surface area contributed by atoms with E-state index in [1.807, 2.05) is 6.92 Å². The summed E-state index contributed by atoms with van der Waals surface area (Å²) in [4.78, 5) is 11.7. The van der Waals surface area contributed by atoms with Crippen LogP contribution in [0.5, 0.6) is 0 Å². The molecule has 1 aliphatic heterocycles. The molecule has 0 radical (unpaired) electrons. The first-order valence-electron chi connectivity index (χ1n) is 5.40. The van der Waals surface area contributed by atoms with Gasteiger partial charge in [0, 0.05) is 42.5 Å². The maximum atomic E-state index is 11.7. The van der Waals surface area contributed by atoms with Crippen molar-refractivity contribution in [2.45, 2.75) is 30.7 Å². The van der Waals surface area contributed by atoms with Crippen LogP contribution in [-0.2, 0) is 20.3 Å². The van der Waals surface area contributed by atoms with Crippen molar-refractivity contribution in [3.63, 3.8) is 0 Å². The van der Waals surface area contributed by atoms with E-state index in [4.69, 9.17) is 4.74 Å². The zero-order valence-electron chi connectivity index (χ0n) is 9.99. The number of carbonyl (C=O) groups excluding carboxylic acids is 1. The van der Waals surface area contributed by atoms with E-state index >= 15 is 0 Å². The molecule has 5 nitrogen and oxygen atoms in total. The molecule has 0 aromatic carbocycles. The Hall–Kier alpha value is -0.460. The second-order valence-corrected chi connectivity index (χ2v) is 5.91. The maximum absolute atomic E-state index is 11.7. The van der Waals surface area contributed by atoms with Gasteiger partial charge in [0.1, 0.15) is 0 Å². The molecule has 0 aliphatic carbocycles. The average molecular weight is 248 g/mol. The minimum atomic E-state index is -0.897. The summed E-state index contributed by atoms with van der Waals surface area (Å²) in [6.45, 7) is 3.03. The Morgan fingerprint density at radius 3 is 2.88 bits per heavy atom. The van der Waals surface area contributed by atoms with Crippen molar-refractivity contribution < 1.29 is 13.7 Å². The summed E-state index contributed by atoms with van der Waals surface area (Å²) in [6, 6.07) is -0.178. The third-order valence-corrected chi connectivity index (χ3v) is 4.17. The van der Waals surface area contributed by atoms with Crippen molar-refractivity contribution >= 4 is 16.7 Å². The lowest BCUT2D eigenvalue weighted by atomic mass is 10.2. The lowest BCUT2D eigenvalue weighted by molar-refractivity contribution is -0.122. The van der Waals surface area contributed by atoms with Gasteiger partial charge in [0.2, 0.25) is 5.91 Å². The van der Waals surface area contributed by atoms with E-state index in [1.54, 1.807) is 13.4 Å². The average Bonchev–Trinajstić information content (AvgIpc) is 2.73. The molecule has 0 bridgehead atoms. The van der Waals surface area contributed by atoms with Gasteiger partial charge >= 0.3 is 0 Å². The number of hydrogen-bond acceptors (Lipinski definition) is 4. The van der Waals surface area contributed by atoms with Crippen LogP contribution < -0.4 is 10.6 Å². The van der Waals surface area contributed by atoms with Crippen molar-refractivity contribution in [1.29, 1.82) is 0 Å². The van der Waals surface area contributed by atoms with E-state index in [1.165, 1.54) is 0 Å². The first-order chi connectivity index (χ1) is 7.54. The fourth-order valence-corrected chi connectivity index (χ4v) is 1.89. The van der Waals surface area contributed by atoms with E-state index in [2.05, 4.69) is 10.6 Å². The zero-order valence-corrected chi connectivity index (χ0v) is 10.8. The molecule has 0 saturated carbocycles. The molecule has 1 fully saturated rings. The van der Waals surface area contributed by atoms with Crippen molar-refractivity contribution in [2.75, 3.05) is 26.5 Å². The van der Waals surface area contributed by atoms with E-state index < -0.39 is 10.8 Å². The van der Waals surface area contributed by atoms with Crippen LogP contribution in [0.1, 0.15) is 13.3 Å². The highest BCUT2D eigenvalue weighted by Gasteiger charge is 2.29. The van der Waals surface area contributed by atoms with E-state index in [9.17, 15) is 9.00 Å². The maximum Gasteiger partial charge on any atom is 0.237 e. The number of amides is 1. The molecule has 2 N–H and O–H groups in total. The Morgan fingerprint density at radius 1 is 1.69 bits per heavy atom. The summed E-state index contributed by atoms with van der Waals surface area (Å²) >= 11 is 0. The van der Waals surface area contributed by atoms with Crippen LogP contribution in [0.25, 0.3) is 0 Å². The van der Waals surface area contributed by atoms with Gasteiger partial charge in [0.25, 0.3) is 0 Å². The molecule has 94 valence electrons.